The lowest BCUT2D eigenvalue weighted by atomic mass is 10.1. The van der Waals surface area contributed by atoms with Gasteiger partial charge in [0.05, 0.1) is 18.7 Å². The molecule has 2 heteroatoms. The maximum Gasteiger partial charge on any atom is 0.174 e. The normalized spacial score (nSPS) is 18.6. The van der Waals surface area contributed by atoms with Crippen LogP contribution in [0.1, 0.15) is 90.9 Å². The number of rotatable bonds is 15. The van der Waals surface area contributed by atoms with Gasteiger partial charge in [-0.2, -0.15) is 0 Å². The van der Waals surface area contributed by atoms with Gasteiger partial charge in [-0.3, -0.25) is 4.48 Å². The van der Waals surface area contributed by atoms with Crippen LogP contribution in [0, 0.1) is 0 Å². The van der Waals surface area contributed by atoms with Gasteiger partial charge in [0.2, 0.25) is 0 Å². The zero-order valence-corrected chi connectivity index (χ0v) is 18.6. The molecule has 156 valence electrons. The van der Waals surface area contributed by atoms with Crippen LogP contribution in [0.2, 0.25) is 0 Å². The largest absolute Gasteiger partial charge is 0.261 e. The fourth-order valence-corrected chi connectivity index (χ4v) is 4.23. The number of quaternary nitrogens is 1. The minimum atomic E-state index is 0.988. The summed E-state index contributed by atoms with van der Waals surface area (Å²) in [5.41, 5.74) is 1.44. The van der Waals surface area contributed by atoms with Crippen molar-refractivity contribution in [2.45, 2.75) is 97.4 Å². The predicted molar refractivity (Wildman–Crippen MR) is 123 cm³/mol. The highest BCUT2D eigenvalue weighted by Crippen LogP contribution is 2.26. The van der Waals surface area contributed by atoms with Crippen LogP contribution in [-0.2, 0) is 6.54 Å². The minimum Gasteiger partial charge on any atom is -0.261 e. The van der Waals surface area contributed by atoms with Gasteiger partial charge in [0.1, 0.15) is 25.0 Å². The van der Waals surface area contributed by atoms with Crippen molar-refractivity contribution in [3.63, 3.8) is 0 Å². The van der Waals surface area contributed by atoms with Crippen molar-refractivity contribution < 1.29 is 4.57 Å². The van der Waals surface area contributed by atoms with Gasteiger partial charge in [0.25, 0.3) is 0 Å². The lowest BCUT2D eigenvalue weighted by Gasteiger charge is -2.34. The first-order chi connectivity index (χ1) is 13.8. The van der Waals surface area contributed by atoms with E-state index in [4.69, 9.17) is 0 Å². The van der Waals surface area contributed by atoms with Crippen molar-refractivity contribution >= 4 is 5.69 Å². The molecule has 1 aliphatic heterocycles. The van der Waals surface area contributed by atoms with Crippen molar-refractivity contribution in [2.75, 3.05) is 13.1 Å². The van der Waals surface area contributed by atoms with Crippen molar-refractivity contribution in [3.8, 4) is 0 Å². The summed E-state index contributed by atoms with van der Waals surface area (Å²) in [6, 6.07) is 4.72. The molecule has 2 nitrogen and oxygen atoms in total. The Bertz CT molecular complexity index is 573. The molecule has 0 bridgehead atoms. The Morgan fingerprint density at radius 1 is 0.750 bits per heavy atom. The number of unbranched alkanes of at least 4 members (excludes halogenated alkanes) is 10. The van der Waals surface area contributed by atoms with E-state index >= 15 is 0 Å². The van der Waals surface area contributed by atoms with E-state index in [0.717, 1.165) is 17.6 Å². The molecule has 2 heterocycles. The highest BCUT2D eigenvalue weighted by atomic mass is 15.3. The van der Waals surface area contributed by atoms with Gasteiger partial charge in [-0.25, -0.2) is 4.57 Å². The molecular formula is C26H44N2+2. The van der Waals surface area contributed by atoms with Crippen LogP contribution in [0.15, 0.2) is 49.0 Å². The molecule has 0 spiro atoms. The summed E-state index contributed by atoms with van der Waals surface area (Å²) in [5.74, 6) is 0. The Morgan fingerprint density at radius 2 is 1.36 bits per heavy atom. The molecule has 0 aliphatic carbocycles. The topological polar surface area (TPSA) is 3.88 Å². The summed E-state index contributed by atoms with van der Waals surface area (Å²) in [7, 11) is 0. The Balaban J connectivity index is 1.84. The summed E-state index contributed by atoms with van der Waals surface area (Å²) >= 11 is 0. The van der Waals surface area contributed by atoms with Crippen LogP contribution in [0.5, 0.6) is 0 Å². The second kappa shape index (κ2) is 13.7. The third-order valence-corrected chi connectivity index (χ3v) is 6.12. The van der Waals surface area contributed by atoms with E-state index in [9.17, 15) is 0 Å². The molecule has 0 aromatic carbocycles. The third kappa shape index (κ3) is 7.91. The van der Waals surface area contributed by atoms with E-state index in [1.807, 2.05) is 0 Å². The van der Waals surface area contributed by atoms with Gasteiger partial charge in [0, 0.05) is 6.42 Å². The van der Waals surface area contributed by atoms with Crippen LogP contribution >= 0.6 is 0 Å². The summed E-state index contributed by atoms with van der Waals surface area (Å²) in [5, 5.41) is 0. The third-order valence-electron chi connectivity index (χ3n) is 6.12. The lowest BCUT2D eigenvalue weighted by Crippen LogP contribution is -2.46. The van der Waals surface area contributed by atoms with E-state index in [1.54, 1.807) is 0 Å². The quantitative estimate of drug-likeness (QED) is 0.173. The van der Waals surface area contributed by atoms with Crippen molar-refractivity contribution in [3.05, 3.63) is 49.0 Å². The second-order valence-corrected chi connectivity index (χ2v) is 8.54. The van der Waals surface area contributed by atoms with Gasteiger partial charge in [-0.15, -0.1) is 0 Å². The number of aryl methyl sites for hydroxylation is 1. The lowest BCUT2D eigenvalue weighted by molar-refractivity contribution is -0.697. The van der Waals surface area contributed by atoms with Gasteiger partial charge in [-0.1, -0.05) is 71.3 Å². The van der Waals surface area contributed by atoms with Crippen LogP contribution in [0.4, 0.5) is 5.69 Å². The van der Waals surface area contributed by atoms with Crippen LogP contribution in [-0.4, -0.2) is 13.1 Å². The average molecular weight is 385 g/mol. The standard InChI is InChI=1S/C26H44N2/c1-3-5-7-9-11-14-20-27-21-18-26(19-22-27)28(24-16-13-17-25-28)23-15-12-10-8-6-4-2/h13,16-19,21-22,24H,3-12,14-15,20,23,25H2,1-2H3/q+2. The van der Waals surface area contributed by atoms with Gasteiger partial charge in [-0.05, 0) is 31.4 Å². The molecule has 1 aromatic heterocycles. The van der Waals surface area contributed by atoms with Crippen molar-refractivity contribution in [2.24, 2.45) is 0 Å². The Morgan fingerprint density at radius 3 is 1.96 bits per heavy atom. The Hall–Kier alpha value is -1.41. The number of pyridine rings is 1. The molecule has 0 saturated carbocycles. The highest BCUT2D eigenvalue weighted by molar-refractivity contribution is 5.45. The number of nitrogens with zero attached hydrogens (tertiary/aromatic N) is 2. The van der Waals surface area contributed by atoms with Gasteiger partial charge in [0.15, 0.2) is 12.4 Å². The molecule has 1 unspecified atom stereocenters. The zero-order chi connectivity index (χ0) is 19.9. The summed E-state index contributed by atoms with van der Waals surface area (Å²) < 4.78 is 3.36. The first kappa shape index (κ1) is 22.9. The summed E-state index contributed by atoms with van der Waals surface area (Å²) in [4.78, 5) is 0. The molecule has 0 saturated heterocycles. The van der Waals surface area contributed by atoms with E-state index in [-0.39, 0.29) is 0 Å². The fourth-order valence-electron chi connectivity index (χ4n) is 4.23. The highest BCUT2D eigenvalue weighted by Gasteiger charge is 2.28. The summed E-state index contributed by atoms with van der Waals surface area (Å²) in [6.07, 6.45) is 30.1. The molecular weight excluding hydrogens is 340 g/mol. The molecule has 0 radical (unpaired) electrons. The van der Waals surface area contributed by atoms with Crippen LogP contribution in [0.25, 0.3) is 0 Å². The number of hydrogen-bond acceptors (Lipinski definition) is 0. The van der Waals surface area contributed by atoms with Crippen LogP contribution in [0.3, 0.4) is 0 Å². The first-order valence-corrected chi connectivity index (χ1v) is 12.0. The Kier molecular flexibility index (Phi) is 11.2. The molecule has 0 fully saturated rings. The maximum absolute atomic E-state index is 2.40. The van der Waals surface area contributed by atoms with E-state index in [2.05, 4.69) is 67.4 Å². The van der Waals surface area contributed by atoms with Gasteiger partial charge < -0.3 is 0 Å². The van der Waals surface area contributed by atoms with E-state index in [1.165, 1.54) is 89.3 Å². The van der Waals surface area contributed by atoms with Gasteiger partial charge >= 0.3 is 0 Å². The SMILES string of the molecule is CCCCCCCC[n+]1ccc([N+]2(CCCCCCCC)C=CC=CC2)cc1. The predicted octanol–water partition coefficient (Wildman–Crippen LogP) is 7.09. The second-order valence-electron chi connectivity index (χ2n) is 8.54. The monoisotopic (exact) mass is 384 g/mol. The smallest absolute Gasteiger partial charge is 0.174 e. The molecule has 0 N–H and O–H groups in total. The number of aromatic nitrogens is 1. The van der Waals surface area contributed by atoms with Crippen LogP contribution < -0.4 is 9.05 Å². The van der Waals surface area contributed by atoms with Crippen molar-refractivity contribution in [1.29, 1.82) is 0 Å². The summed E-state index contributed by atoms with van der Waals surface area (Å²) in [6.45, 7) is 8.03. The zero-order valence-electron chi connectivity index (χ0n) is 18.6. The molecule has 1 aromatic rings. The molecule has 28 heavy (non-hydrogen) atoms. The molecule has 1 aliphatic rings. The number of allylic oxidation sites excluding steroid dienone is 2. The minimum absolute atomic E-state index is 0.988. The number of hydrogen-bond donors (Lipinski definition) is 0. The van der Waals surface area contributed by atoms with E-state index in [0.29, 0.717) is 0 Å². The van der Waals surface area contributed by atoms with Crippen molar-refractivity contribution in [1.82, 2.24) is 4.48 Å². The molecule has 2 rings (SSSR count). The maximum atomic E-state index is 2.40. The molecule has 1 atom stereocenters. The Labute approximate surface area is 174 Å². The first-order valence-electron chi connectivity index (χ1n) is 12.0. The van der Waals surface area contributed by atoms with E-state index < -0.39 is 0 Å². The molecule has 0 amide bonds. The average Bonchev–Trinajstić information content (AvgIpc) is 2.74. The fraction of sp³-hybridized carbons (Fsp3) is 0.654.